The van der Waals surface area contributed by atoms with Gasteiger partial charge in [0.25, 0.3) is 0 Å². The molecule has 33 heavy (non-hydrogen) atoms. The number of rotatable bonds is 12. The van der Waals surface area contributed by atoms with Crippen LogP contribution in [0.15, 0.2) is 70.9 Å². The molecular formula is C23H24N2O4S4. The fourth-order valence-electron chi connectivity index (χ4n) is 3.11. The van der Waals surface area contributed by atoms with Gasteiger partial charge in [-0.25, -0.2) is 13.7 Å². The van der Waals surface area contributed by atoms with E-state index in [-0.39, 0.29) is 12.0 Å². The van der Waals surface area contributed by atoms with E-state index in [9.17, 15) is 18.9 Å². The zero-order valence-corrected chi connectivity index (χ0v) is 21.1. The third-order valence-corrected chi connectivity index (χ3v) is 8.78. The number of Topliss-reactive ketones (excluding diaryl/α,β-unsaturated/α-hetero) is 1. The summed E-state index contributed by atoms with van der Waals surface area (Å²) < 4.78 is 15.5. The van der Waals surface area contributed by atoms with E-state index in [1.807, 2.05) is 54.1 Å². The van der Waals surface area contributed by atoms with Crippen LogP contribution in [0, 0.1) is 0 Å². The van der Waals surface area contributed by atoms with Crippen LogP contribution in [0.2, 0.25) is 0 Å². The van der Waals surface area contributed by atoms with Gasteiger partial charge >= 0.3 is 5.97 Å². The standard InChI is InChI=1S/C23H24N2O4S4/c1-30-13-11-23(24,22(27)28)21(26)19-10-9-17(14-20(19)16-6-3-2-4-7-16)32-33(29)25-15-18-8-5-12-31-18/h2-10,12,14,25H,11,13,15,24H2,1H3,(H,27,28). The highest BCUT2D eigenvalue weighted by Gasteiger charge is 2.43. The lowest BCUT2D eigenvalue weighted by Gasteiger charge is -2.24. The minimum atomic E-state index is -2.02. The Morgan fingerprint density at radius 1 is 1.15 bits per heavy atom. The molecule has 3 rings (SSSR count). The molecule has 0 saturated heterocycles. The number of carbonyl (C=O) groups excluding carboxylic acids is 1. The highest BCUT2D eigenvalue weighted by atomic mass is 33.1. The van der Waals surface area contributed by atoms with Gasteiger partial charge in [0, 0.05) is 21.9 Å². The summed E-state index contributed by atoms with van der Waals surface area (Å²) in [7, 11) is -0.274. The Morgan fingerprint density at radius 2 is 1.91 bits per heavy atom. The summed E-state index contributed by atoms with van der Waals surface area (Å²) in [5.41, 5.74) is 5.64. The zero-order chi connectivity index (χ0) is 23.8. The molecule has 1 heterocycles. The molecule has 1 aromatic heterocycles. The number of hydrogen-bond acceptors (Lipinski definition) is 7. The molecule has 2 unspecified atom stereocenters. The average molecular weight is 521 g/mol. The predicted octanol–water partition coefficient (Wildman–Crippen LogP) is 4.59. The van der Waals surface area contributed by atoms with Crippen LogP contribution in [-0.2, 0) is 21.4 Å². The Labute approximate surface area is 207 Å². The van der Waals surface area contributed by atoms with Crippen LogP contribution in [-0.4, -0.2) is 38.6 Å². The molecule has 3 aromatic rings. The van der Waals surface area contributed by atoms with Crippen molar-refractivity contribution in [3.63, 3.8) is 0 Å². The number of nitrogens with one attached hydrogen (secondary N) is 1. The predicted molar refractivity (Wildman–Crippen MR) is 139 cm³/mol. The van der Waals surface area contributed by atoms with Gasteiger partial charge in [-0.15, -0.1) is 11.3 Å². The quantitative estimate of drug-likeness (QED) is 0.182. The first-order valence-corrected chi connectivity index (χ1v) is 14.7. The van der Waals surface area contributed by atoms with Crippen LogP contribution in [0.1, 0.15) is 21.7 Å². The van der Waals surface area contributed by atoms with Crippen molar-refractivity contribution in [2.75, 3.05) is 12.0 Å². The topological polar surface area (TPSA) is 109 Å². The SMILES string of the molecule is CSCCC(N)(C(=O)O)C(=O)c1ccc(SS(=O)NCc2cccs2)cc1-c1ccccc1. The number of hydrogen-bond donors (Lipinski definition) is 3. The first kappa shape index (κ1) is 25.7. The Morgan fingerprint density at radius 3 is 2.55 bits per heavy atom. The van der Waals surface area contributed by atoms with Gasteiger partial charge in [-0.3, -0.25) is 4.79 Å². The molecule has 6 nitrogen and oxygen atoms in total. The number of benzene rings is 2. The maximum absolute atomic E-state index is 13.4. The maximum atomic E-state index is 13.4. The maximum Gasteiger partial charge on any atom is 0.331 e. The molecule has 0 fully saturated rings. The van der Waals surface area contributed by atoms with Crippen molar-refractivity contribution in [1.29, 1.82) is 0 Å². The lowest BCUT2D eigenvalue weighted by Crippen LogP contribution is -2.55. The van der Waals surface area contributed by atoms with E-state index >= 15 is 0 Å². The monoisotopic (exact) mass is 520 g/mol. The first-order valence-electron chi connectivity index (χ1n) is 9.96. The third kappa shape index (κ3) is 6.56. The fourth-order valence-corrected chi connectivity index (χ4v) is 6.36. The van der Waals surface area contributed by atoms with Crippen LogP contribution >= 0.6 is 33.9 Å². The van der Waals surface area contributed by atoms with Crippen molar-refractivity contribution in [3.05, 3.63) is 76.5 Å². The van der Waals surface area contributed by atoms with E-state index in [1.54, 1.807) is 29.5 Å². The molecule has 0 amide bonds. The molecule has 0 radical (unpaired) electrons. The van der Waals surface area contributed by atoms with E-state index < -0.39 is 27.3 Å². The van der Waals surface area contributed by atoms with Crippen LogP contribution in [0.5, 0.6) is 0 Å². The second kappa shape index (κ2) is 12.0. The molecule has 0 bridgehead atoms. The van der Waals surface area contributed by atoms with E-state index in [2.05, 4.69) is 4.72 Å². The molecule has 0 saturated carbocycles. The summed E-state index contributed by atoms with van der Waals surface area (Å²) in [6.45, 7) is 0.489. The number of carbonyl (C=O) groups is 2. The number of carboxylic acid groups (broad SMARTS) is 1. The average Bonchev–Trinajstić information content (AvgIpc) is 3.35. The van der Waals surface area contributed by atoms with Crippen molar-refractivity contribution in [2.24, 2.45) is 5.73 Å². The van der Waals surface area contributed by atoms with E-state index in [0.29, 0.717) is 22.8 Å². The number of thiophene rings is 1. The molecule has 174 valence electrons. The van der Waals surface area contributed by atoms with Gasteiger partial charge in [0.15, 0.2) is 21.3 Å². The molecule has 0 aliphatic heterocycles. The molecule has 0 aliphatic rings. The van der Waals surface area contributed by atoms with Gasteiger partial charge < -0.3 is 10.8 Å². The Balaban J connectivity index is 1.91. The second-order valence-electron chi connectivity index (χ2n) is 7.14. The van der Waals surface area contributed by atoms with Crippen LogP contribution in [0.3, 0.4) is 0 Å². The summed E-state index contributed by atoms with van der Waals surface area (Å²) in [5.74, 6) is -1.55. The molecule has 10 heteroatoms. The number of carboxylic acids is 1. The van der Waals surface area contributed by atoms with E-state index in [0.717, 1.165) is 21.2 Å². The first-order chi connectivity index (χ1) is 15.8. The lowest BCUT2D eigenvalue weighted by atomic mass is 9.84. The van der Waals surface area contributed by atoms with Crippen molar-refractivity contribution < 1.29 is 18.9 Å². The van der Waals surface area contributed by atoms with Gasteiger partial charge in [0.1, 0.15) is 0 Å². The smallest absolute Gasteiger partial charge is 0.331 e. The van der Waals surface area contributed by atoms with Crippen LogP contribution in [0.25, 0.3) is 11.1 Å². The summed E-state index contributed by atoms with van der Waals surface area (Å²) in [6, 6.07) is 18.1. The summed E-state index contributed by atoms with van der Waals surface area (Å²) in [5, 5.41) is 11.7. The minimum Gasteiger partial charge on any atom is -0.480 e. The number of nitrogens with two attached hydrogens (primary N) is 1. The van der Waals surface area contributed by atoms with Crippen LogP contribution < -0.4 is 10.5 Å². The number of aliphatic carboxylic acids is 1. The molecule has 0 spiro atoms. The van der Waals surface area contributed by atoms with Gasteiger partial charge in [-0.2, -0.15) is 11.8 Å². The molecule has 4 N–H and O–H groups in total. The largest absolute Gasteiger partial charge is 0.480 e. The summed E-state index contributed by atoms with van der Waals surface area (Å²) in [6.07, 6.45) is 1.85. The van der Waals surface area contributed by atoms with Gasteiger partial charge in [0.2, 0.25) is 0 Å². The molecule has 0 aliphatic carbocycles. The van der Waals surface area contributed by atoms with E-state index in [1.165, 1.54) is 11.8 Å². The fraction of sp³-hybridized carbons (Fsp3) is 0.217. The highest BCUT2D eigenvalue weighted by Crippen LogP contribution is 2.33. The van der Waals surface area contributed by atoms with Gasteiger partial charge in [-0.05, 0) is 70.0 Å². The molecule has 2 aromatic carbocycles. The number of thioether (sulfide) groups is 1. The summed E-state index contributed by atoms with van der Waals surface area (Å²) >= 11 is 3.01. The normalized spacial score (nSPS) is 13.9. The third-order valence-electron chi connectivity index (χ3n) is 4.92. The Hall–Kier alpha value is -1.95. The zero-order valence-electron chi connectivity index (χ0n) is 17.9. The Bertz CT molecular complexity index is 1120. The lowest BCUT2D eigenvalue weighted by molar-refractivity contribution is -0.141. The summed E-state index contributed by atoms with van der Waals surface area (Å²) in [4.78, 5) is 27.1. The van der Waals surface area contributed by atoms with Crippen molar-refractivity contribution in [3.8, 4) is 11.1 Å². The highest BCUT2D eigenvalue weighted by molar-refractivity contribution is 8.68. The minimum absolute atomic E-state index is 0.0176. The van der Waals surface area contributed by atoms with Crippen molar-refractivity contribution >= 4 is 55.7 Å². The molecular weight excluding hydrogens is 497 g/mol. The van der Waals surface area contributed by atoms with Crippen molar-refractivity contribution in [1.82, 2.24) is 4.72 Å². The van der Waals surface area contributed by atoms with Gasteiger partial charge in [-0.1, -0.05) is 36.4 Å². The van der Waals surface area contributed by atoms with E-state index in [4.69, 9.17) is 5.73 Å². The van der Waals surface area contributed by atoms with Crippen LogP contribution in [0.4, 0.5) is 0 Å². The molecule has 2 atom stereocenters. The second-order valence-corrected chi connectivity index (χ2v) is 12.0. The number of ketones is 1. The van der Waals surface area contributed by atoms with Crippen molar-refractivity contribution in [2.45, 2.75) is 23.4 Å². The Kier molecular flexibility index (Phi) is 9.30. The van der Waals surface area contributed by atoms with Gasteiger partial charge in [0.05, 0.1) is 0 Å².